The monoisotopic (exact) mass is 231 g/mol. The fourth-order valence-corrected chi connectivity index (χ4v) is 1.68. The zero-order valence-electron chi connectivity index (χ0n) is 9.64. The summed E-state index contributed by atoms with van der Waals surface area (Å²) in [6, 6.07) is 4.93. The number of nitrogens with zero attached hydrogens (tertiary/aromatic N) is 3. The molecule has 2 rings (SSSR count). The number of rotatable bonds is 2. The van der Waals surface area contributed by atoms with Crippen LogP contribution in [0, 0.1) is 13.8 Å². The van der Waals surface area contributed by atoms with E-state index < -0.39 is 5.91 Å². The van der Waals surface area contributed by atoms with Crippen molar-refractivity contribution in [3.63, 3.8) is 0 Å². The standard InChI is InChI=1S/C11H13N5O/c1-6-14-7(2)16(15-6)10-4-3-8(12)5-9(10)11(13)17/h3-5H,12H2,1-2H3,(H2,13,17). The molecule has 0 aliphatic carbocycles. The third-order valence-corrected chi connectivity index (χ3v) is 2.39. The fourth-order valence-electron chi connectivity index (χ4n) is 1.68. The average molecular weight is 231 g/mol. The Bertz CT molecular complexity index is 588. The van der Waals surface area contributed by atoms with Gasteiger partial charge in [-0.2, -0.15) is 5.10 Å². The predicted octanol–water partition coefficient (Wildman–Crippen LogP) is 0.565. The molecule has 0 aliphatic rings. The number of anilines is 1. The first-order valence-corrected chi connectivity index (χ1v) is 5.09. The molecule has 0 aliphatic heterocycles. The van der Waals surface area contributed by atoms with Crippen molar-refractivity contribution in [3.8, 4) is 5.69 Å². The van der Waals surface area contributed by atoms with E-state index in [0.717, 1.165) is 0 Å². The fraction of sp³-hybridized carbons (Fsp3) is 0.182. The number of amides is 1. The summed E-state index contributed by atoms with van der Waals surface area (Å²) in [5, 5.41) is 4.21. The van der Waals surface area contributed by atoms with Crippen molar-refractivity contribution in [2.45, 2.75) is 13.8 Å². The summed E-state index contributed by atoms with van der Waals surface area (Å²) in [5.41, 5.74) is 12.4. The number of nitrogen functional groups attached to an aromatic ring is 1. The molecular weight excluding hydrogens is 218 g/mol. The van der Waals surface area contributed by atoms with Crippen LogP contribution in [0.1, 0.15) is 22.0 Å². The van der Waals surface area contributed by atoms with E-state index in [-0.39, 0.29) is 0 Å². The number of aryl methyl sites for hydroxylation is 2. The number of hydrogen-bond donors (Lipinski definition) is 2. The molecule has 0 atom stereocenters. The normalized spacial score (nSPS) is 10.5. The molecule has 0 saturated heterocycles. The van der Waals surface area contributed by atoms with Crippen LogP contribution in [0.5, 0.6) is 0 Å². The van der Waals surface area contributed by atoms with Gasteiger partial charge in [-0.05, 0) is 32.0 Å². The zero-order chi connectivity index (χ0) is 12.6. The van der Waals surface area contributed by atoms with E-state index in [9.17, 15) is 4.79 Å². The number of carbonyl (C=O) groups is 1. The quantitative estimate of drug-likeness (QED) is 0.738. The minimum atomic E-state index is -0.542. The molecule has 88 valence electrons. The first-order chi connectivity index (χ1) is 7.99. The number of aromatic nitrogens is 3. The Hall–Kier alpha value is -2.37. The van der Waals surface area contributed by atoms with Gasteiger partial charge in [0.05, 0.1) is 11.3 Å². The lowest BCUT2D eigenvalue weighted by atomic mass is 10.1. The summed E-state index contributed by atoms with van der Waals surface area (Å²) >= 11 is 0. The molecule has 0 bridgehead atoms. The molecule has 0 fully saturated rings. The van der Waals surface area contributed by atoms with E-state index in [0.29, 0.717) is 28.6 Å². The van der Waals surface area contributed by atoms with Gasteiger partial charge in [0.15, 0.2) is 0 Å². The number of hydrogen-bond acceptors (Lipinski definition) is 4. The third-order valence-electron chi connectivity index (χ3n) is 2.39. The highest BCUT2D eigenvalue weighted by Gasteiger charge is 2.13. The summed E-state index contributed by atoms with van der Waals surface area (Å²) < 4.78 is 1.58. The Kier molecular flexibility index (Phi) is 2.55. The maximum atomic E-state index is 11.4. The summed E-state index contributed by atoms with van der Waals surface area (Å²) in [4.78, 5) is 15.5. The Balaban J connectivity index is 2.67. The Morgan fingerprint density at radius 1 is 1.35 bits per heavy atom. The van der Waals surface area contributed by atoms with E-state index in [1.807, 2.05) is 0 Å². The van der Waals surface area contributed by atoms with Crippen molar-refractivity contribution in [1.29, 1.82) is 0 Å². The van der Waals surface area contributed by atoms with Crippen LogP contribution in [0.15, 0.2) is 18.2 Å². The number of primary amides is 1. The van der Waals surface area contributed by atoms with Crippen LogP contribution >= 0.6 is 0 Å². The second-order valence-electron chi connectivity index (χ2n) is 3.76. The molecule has 1 aromatic heterocycles. The molecule has 0 saturated carbocycles. The summed E-state index contributed by atoms with van der Waals surface area (Å²) in [6.07, 6.45) is 0. The molecule has 17 heavy (non-hydrogen) atoms. The third kappa shape index (κ3) is 1.96. The van der Waals surface area contributed by atoms with Gasteiger partial charge in [-0.3, -0.25) is 4.79 Å². The lowest BCUT2D eigenvalue weighted by Crippen LogP contribution is -2.16. The van der Waals surface area contributed by atoms with Gasteiger partial charge >= 0.3 is 0 Å². The van der Waals surface area contributed by atoms with Crippen molar-refractivity contribution in [2.24, 2.45) is 5.73 Å². The minimum absolute atomic E-state index is 0.331. The van der Waals surface area contributed by atoms with Crippen LogP contribution in [0.2, 0.25) is 0 Å². The lowest BCUT2D eigenvalue weighted by Gasteiger charge is -2.08. The molecule has 6 heteroatoms. The van der Waals surface area contributed by atoms with Gasteiger partial charge in [0, 0.05) is 5.69 Å². The van der Waals surface area contributed by atoms with E-state index in [4.69, 9.17) is 11.5 Å². The molecular formula is C11H13N5O. The van der Waals surface area contributed by atoms with Crippen molar-refractivity contribution >= 4 is 11.6 Å². The predicted molar refractivity (Wildman–Crippen MR) is 63.8 cm³/mol. The number of nitrogens with two attached hydrogens (primary N) is 2. The molecule has 0 radical (unpaired) electrons. The SMILES string of the molecule is Cc1nc(C)n(-c2ccc(N)cc2C(N)=O)n1. The number of benzene rings is 1. The average Bonchev–Trinajstić information content (AvgIpc) is 2.57. The first-order valence-electron chi connectivity index (χ1n) is 5.09. The minimum Gasteiger partial charge on any atom is -0.399 e. The second kappa shape index (κ2) is 3.89. The van der Waals surface area contributed by atoms with Crippen LogP contribution in [0.3, 0.4) is 0 Å². The molecule has 0 unspecified atom stereocenters. The van der Waals surface area contributed by atoms with Crippen LogP contribution in [0.4, 0.5) is 5.69 Å². The molecule has 1 heterocycles. The maximum absolute atomic E-state index is 11.4. The van der Waals surface area contributed by atoms with Crippen LogP contribution in [-0.4, -0.2) is 20.7 Å². The van der Waals surface area contributed by atoms with E-state index in [1.165, 1.54) is 6.07 Å². The van der Waals surface area contributed by atoms with E-state index in [2.05, 4.69) is 10.1 Å². The molecule has 1 amide bonds. The van der Waals surface area contributed by atoms with Gasteiger partial charge < -0.3 is 11.5 Å². The molecule has 4 N–H and O–H groups in total. The van der Waals surface area contributed by atoms with Gasteiger partial charge in [0.2, 0.25) is 0 Å². The Morgan fingerprint density at radius 2 is 2.06 bits per heavy atom. The summed E-state index contributed by atoms with van der Waals surface area (Å²) in [7, 11) is 0. The second-order valence-corrected chi connectivity index (χ2v) is 3.76. The summed E-state index contributed by atoms with van der Waals surface area (Å²) in [5.74, 6) is 0.782. The lowest BCUT2D eigenvalue weighted by molar-refractivity contribution is 0.1000. The van der Waals surface area contributed by atoms with Gasteiger partial charge in [0.25, 0.3) is 5.91 Å². The van der Waals surface area contributed by atoms with Crippen molar-refractivity contribution < 1.29 is 4.79 Å². The van der Waals surface area contributed by atoms with Gasteiger partial charge in [-0.1, -0.05) is 0 Å². The van der Waals surface area contributed by atoms with E-state index in [1.54, 1.807) is 30.7 Å². The Morgan fingerprint density at radius 3 is 2.59 bits per heavy atom. The topological polar surface area (TPSA) is 99.8 Å². The first kappa shape index (κ1) is 11.1. The van der Waals surface area contributed by atoms with Gasteiger partial charge in [-0.15, -0.1) is 0 Å². The van der Waals surface area contributed by atoms with Crippen LogP contribution in [0.25, 0.3) is 5.69 Å². The molecule has 1 aromatic carbocycles. The number of carbonyl (C=O) groups excluding carboxylic acids is 1. The summed E-state index contributed by atoms with van der Waals surface area (Å²) in [6.45, 7) is 3.59. The molecule has 0 spiro atoms. The zero-order valence-corrected chi connectivity index (χ0v) is 9.64. The molecule has 6 nitrogen and oxygen atoms in total. The van der Waals surface area contributed by atoms with Crippen LogP contribution in [-0.2, 0) is 0 Å². The molecule has 2 aromatic rings. The Labute approximate surface area is 98.3 Å². The highest BCUT2D eigenvalue weighted by atomic mass is 16.1. The van der Waals surface area contributed by atoms with E-state index >= 15 is 0 Å². The highest BCUT2D eigenvalue weighted by Crippen LogP contribution is 2.18. The van der Waals surface area contributed by atoms with Crippen molar-refractivity contribution in [2.75, 3.05) is 5.73 Å². The smallest absolute Gasteiger partial charge is 0.250 e. The van der Waals surface area contributed by atoms with Crippen molar-refractivity contribution in [3.05, 3.63) is 35.4 Å². The van der Waals surface area contributed by atoms with Crippen LogP contribution < -0.4 is 11.5 Å². The highest BCUT2D eigenvalue weighted by molar-refractivity contribution is 5.97. The van der Waals surface area contributed by atoms with Gasteiger partial charge in [0.1, 0.15) is 11.6 Å². The van der Waals surface area contributed by atoms with Gasteiger partial charge in [-0.25, -0.2) is 9.67 Å². The largest absolute Gasteiger partial charge is 0.399 e. The van der Waals surface area contributed by atoms with Crippen molar-refractivity contribution in [1.82, 2.24) is 14.8 Å². The maximum Gasteiger partial charge on any atom is 0.250 e.